The number of aryl methyl sites for hydroxylation is 1. The number of para-hydroxylation sites is 1. The summed E-state index contributed by atoms with van der Waals surface area (Å²) in [6.07, 6.45) is 0. The summed E-state index contributed by atoms with van der Waals surface area (Å²) in [6, 6.07) is 28.8. The third kappa shape index (κ3) is 5.87. The Kier molecular flexibility index (Phi) is 7.88. The molecule has 0 unspecified atom stereocenters. The predicted octanol–water partition coefficient (Wildman–Crippen LogP) is 6.70. The molecular formula is C30H25N5O4S. The second-order valence-corrected chi connectivity index (χ2v) is 9.84. The summed E-state index contributed by atoms with van der Waals surface area (Å²) in [5.41, 5.74) is 4.95. The molecule has 0 saturated heterocycles. The topological polar surface area (TPSA) is 112 Å². The van der Waals surface area contributed by atoms with E-state index in [4.69, 9.17) is 4.74 Å². The first-order valence-corrected chi connectivity index (χ1v) is 13.3. The minimum Gasteiger partial charge on any atom is -0.497 e. The number of nitrogens with zero attached hydrogens (tertiary/aromatic N) is 4. The molecule has 4 aromatic carbocycles. The molecule has 10 heteroatoms. The van der Waals surface area contributed by atoms with Crippen LogP contribution in [0.15, 0.2) is 102 Å². The molecule has 40 heavy (non-hydrogen) atoms. The third-order valence-electron chi connectivity index (χ3n) is 6.26. The van der Waals surface area contributed by atoms with Gasteiger partial charge >= 0.3 is 0 Å². The minimum atomic E-state index is -0.425. The molecule has 1 N–H and O–H groups in total. The number of non-ortho nitro benzene ring substituents is 1. The van der Waals surface area contributed by atoms with E-state index in [2.05, 4.69) is 15.5 Å². The van der Waals surface area contributed by atoms with Gasteiger partial charge in [-0.15, -0.1) is 10.2 Å². The van der Waals surface area contributed by atoms with Crippen molar-refractivity contribution in [2.24, 2.45) is 0 Å². The Hall–Kier alpha value is -4.96. The van der Waals surface area contributed by atoms with Gasteiger partial charge in [0.05, 0.1) is 17.7 Å². The van der Waals surface area contributed by atoms with Crippen molar-refractivity contribution in [3.05, 3.63) is 124 Å². The Balaban J connectivity index is 1.34. The molecule has 0 saturated carbocycles. The number of rotatable bonds is 9. The first-order chi connectivity index (χ1) is 19.4. The molecule has 9 nitrogen and oxygen atoms in total. The van der Waals surface area contributed by atoms with Crippen LogP contribution >= 0.6 is 11.8 Å². The molecule has 5 rings (SSSR count). The SMILES string of the molecule is COc1ccc(NC(=O)c2ccc(CSc3nnc(-c4ccc([N+](=O)[O-])cc4)n3-c3ccccc3C)cc2)cc1. The summed E-state index contributed by atoms with van der Waals surface area (Å²) in [4.78, 5) is 23.4. The van der Waals surface area contributed by atoms with Crippen molar-refractivity contribution >= 4 is 29.0 Å². The van der Waals surface area contributed by atoms with Crippen molar-refractivity contribution in [1.29, 1.82) is 0 Å². The smallest absolute Gasteiger partial charge is 0.269 e. The fourth-order valence-corrected chi connectivity index (χ4v) is 4.99. The number of nitro benzene ring substituents is 1. The number of nitro groups is 1. The van der Waals surface area contributed by atoms with Crippen LogP contribution in [0.2, 0.25) is 0 Å². The van der Waals surface area contributed by atoms with Gasteiger partial charge in [-0.3, -0.25) is 19.5 Å². The van der Waals surface area contributed by atoms with Crippen LogP contribution in [0.25, 0.3) is 17.1 Å². The molecule has 0 radical (unpaired) electrons. The van der Waals surface area contributed by atoms with Gasteiger partial charge in [0.2, 0.25) is 0 Å². The highest BCUT2D eigenvalue weighted by molar-refractivity contribution is 7.98. The minimum absolute atomic E-state index is 0.0152. The van der Waals surface area contributed by atoms with Crippen molar-refractivity contribution in [2.45, 2.75) is 17.8 Å². The Morgan fingerprint density at radius 3 is 2.30 bits per heavy atom. The van der Waals surface area contributed by atoms with Gasteiger partial charge in [-0.2, -0.15) is 0 Å². The molecule has 0 bridgehead atoms. The van der Waals surface area contributed by atoms with Gasteiger partial charge in [0.15, 0.2) is 11.0 Å². The predicted molar refractivity (Wildman–Crippen MR) is 155 cm³/mol. The van der Waals surface area contributed by atoms with Crippen LogP contribution in [0.4, 0.5) is 11.4 Å². The molecule has 1 aromatic heterocycles. The van der Waals surface area contributed by atoms with E-state index in [0.29, 0.717) is 28.0 Å². The highest BCUT2D eigenvalue weighted by Crippen LogP contribution is 2.32. The van der Waals surface area contributed by atoms with Crippen LogP contribution in [-0.4, -0.2) is 32.7 Å². The number of amides is 1. The van der Waals surface area contributed by atoms with E-state index in [9.17, 15) is 14.9 Å². The van der Waals surface area contributed by atoms with Crippen molar-refractivity contribution in [3.8, 4) is 22.8 Å². The zero-order valence-corrected chi connectivity index (χ0v) is 22.6. The zero-order chi connectivity index (χ0) is 28.1. The largest absolute Gasteiger partial charge is 0.497 e. The number of anilines is 1. The third-order valence-corrected chi connectivity index (χ3v) is 7.26. The summed E-state index contributed by atoms with van der Waals surface area (Å²) >= 11 is 1.52. The van der Waals surface area contributed by atoms with E-state index in [1.165, 1.54) is 23.9 Å². The Morgan fingerprint density at radius 2 is 1.65 bits per heavy atom. The number of methoxy groups -OCH3 is 1. The van der Waals surface area contributed by atoms with E-state index in [1.807, 2.05) is 47.9 Å². The standard InChI is InChI=1S/C30H25N5O4S/c1-20-5-3-4-6-27(20)34-28(22-11-15-25(16-12-22)35(37)38)32-33-30(34)40-19-21-7-9-23(10-8-21)29(36)31-24-13-17-26(39-2)18-14-24/h3-18H,19H2,1-2H3,(H,31,36). The summed E-state index contributed by atoms with van der Waals surface area (Å²) in [7, 11) is 1.60. The van der Waals surface area contributed by atoms with Crippen molar-refractivity contribution in [2.75, 3.05) is 12.4 Å². The molecule has 0 fully saturated rings. The average molecular weight is 552 g/mol. The van der Waals surface area contributed by atoms with E-state index in [1.54, 1.807) is 55.6 Å². The summed E-state index contributed by atoms with van der Waals surface area (Å²) < 4.78 is 7.12. The molecular weight excluding hydrogens is 526 g/mol. The van der Waals surface area contributed by atoms with E-state index >= 15 is 0 Å². The second kappa shape index (κ2) is 11.8. The number of benzene rings is 4. The van der Waals surface area contributed by atoms with Gasteiger partial charge < -0.3 is 10.1 Å². The lowest BCUT2D eigenvalue weighted by Gasteiger charge is -2.13. The lowest BCUT2D eigenvalue weighted by Crippen LogP contribution is -2.11. The average Bonchev–Trinajstić information content (AvgIpc) is 3.40. The molecule has 0 atom stereocenters. The maximum Gasteiger partial charge on any atom is 0.269 e. The van der Waals surface area contributed by atoms with Gasteiger partial charge in [-0.05, 0) is 72.6 Å². The first-order valence-electron chi connectivity index (χ1n) is 12.4. The number of carbonyl (C=O) groups excluding carboxylic acids is 1. The van der Waals surface area contributed by atoms with Crippen molar-refractivity contribution in [1.82, 2.24) is 14.8 Å². The molecule has 1 amide bonds. The monoisotopic (exact) mass is 551 g/mol. The van der Waals surface area contributed by atoms with Crippen LogP contribution in [0, 0.1) is 17.0 Å². The Labute approximate surface area is 235 Å². The Morgan fingerprint density at radius 1 is 0.950 bits per heavy atom. The van der Waals surface area contributed by atoms with Gasteiger partial charge in [0, 0.05) is 34.7 Å². The van der Waals surface area contributed by atoms with Crippen LogP contribution in [-0.2, 0) is 5.75 Å². The fourth-order valence-electron chi connectivity index (χ4n) is 4.09. The van der Waals surface area contributed by atoms with Crippen molar-refractivity contribution < 1.29 is 14.5 Å². The van der Waals surface area contributed by atoms with Gasteiger partial charge in [0.25, 0.3) is 11.6 Å². The molecule has 0 aliphatic rings. The Bertz CT molecular complexity index is 1650. The number of thioether (sulfide) groups is 1. The highest BCUT2D eigenvalue weighted by Gasteiger charge is 2.18. The van der Waals surface area contributed by atoms with Crippen LogP contribution in [0.1, 0.15) is 21.5 Å². The lowest BCUT2D eigenvalue weighted by atomic mass is 10.1. The van der Waals surface area contributed by atoms with E-state index in [-0.39, 0.29) is 11.6 Å². The summed E-state index contributed by atoms with van der Waals surface area (Å²) in [5.74, 6) is 1.72. The molecule has 1 heterocycles. The maximum absolute atomic E-state index is 12.7. The number of ether oxygens (including phenoxy) is 1. The highest BCUT2D eigenvalue weighted by atomic mass is 32.2. The normalized spacial score (nSPS) is 10.8. The summed E-state index contributed by atoms with van der Waals surface area (Å²) in [6.45, 7) is 2.01. The van der Waals surface area contributed by atoms with Gasteiger partial charge in [0.1, 0.15) is 5.75 Å². The molecule has 5 aromatic rings. The number of hydrogen-bond acceptors (Lipinski definition) is 7. The molecule has 0 spiro atoms. The van der Waals surface area contributed by atoms with E-state index in [0.717, 1.165) is 28.1 Å². The van der Waals surface area contributed by atoms with Crippen molar-refractivity contribution in [3.63, 3.8) is 0 Å². The second-order valence-electron chi connectivity index (χ2n) is 8.90. The van der Waals surface area contributed by atoms with E-state index < -0.39 is 4.92 Å². The lowest BCUT2D eigenvalue weighted by molar-refractivity contribution is -0.384. The maximum atomic E-state index is 12.7. The zero-order valence-electron chi connectivity index (χ0n) is 21.8. The van der Waals surface area contributed by atoms with Crippen LogP contribution in [0.3, 0.4) is 0 Å². The number of nitrogens with one attached hydrogen (secondary N) is 1. The van der Waals surface area contributed by atoms with Gasteiger partial charge in [-0.25, -0.2) is 0 Å². The quantitative estimate of drug-likeness (QED) is 0.123. The number of carbonyl (C=O) groups is 1. The van der Waals surface area contributed by atoms with Crippen LogP contribution < -0.4 is 10.1 Å². The number of hydrogen-bond donors (Lipinski definition) is 1. The van der Waals surface area contributed by atoms with Gasteiger partial charge in [-0.1, -0.05) is 42.1 Å². The van der Waals surface area contributed by atoms with Crippen LogP contribution in [0.5, 0.6) is 5.75 Å². The first kappa shape index (κ1) is 26.6. The number of aromatic nitrogens is 3. The molecule has 0 aliphatic carbocycles. The molecule has 200 valence electrons. The fraction of sp³-hybridized carbons (Fsp3) is 0.100. The summed E-state index contributed by atoms with van der Waals surface area (Å²) in [5, 5.41) is 23.6. The molecule has 0 aliphatic heterocycles.